The van der Waals surface area contributed by atoms with Gasteiger partial charge in [0.2, 0.25) is 6.43 Å². The smallest absolute Gasteiger partial charge is 0.320 e. The summed E-state index contributed by atoms with van der Waals surface area (Å²) in [6.07, 6.45) is -2.78. The summed E-state index contributed by atoms with van der Waals surface area (Å²) in [5.74, 6) is -1.25. The molecule has 13 heavy (non-hydrogen) atoms. The highest BCUT2D eigenvalue weighted by Gasteiger charge is 2.33. The number of carbonyl (C=O) groups is 1. The molecule has 0 amide bonds. The summed E-state index contributed by atoms with van der Waals surface area (Å²) in [5.41, 5.74) is 3.77. The normalized spacial score (nSPS) is 13.7. The van der Waals surface area contributed by atoms with Crippen LogP contribution >= 0.6 is 12.4 Å². The van der Waals surface area contributed by atoms with Gasteiger partial charge in [-0.25, -0.2) is 8.78 Å². The summed E-state index contributed by atoms with van der Waals surface area (Å²) in [5, 5.41) is 8.36. The number of alkyl halides is 2. The van der Waals surface area contributed by atoms with E-state index in [0.29, 0.717) is 0 Å². The molecule has 0 heterocycles. The number of rotatable bonds is 4. The highest BCUT2D eigenvalue weighted by Crippen LogP contribution is 2.29. The highest BCUT2D eigenvalue weighted by molar-refractivity contribution is 5.85. The van der Waals surface area contributed by atoms with Crippen molar-refractivity contribution in [2.24, 2.45) is 11.1 Å². The van der Waals surface area contributed by atoms with Crippen molar-refractivity contribution in [2.45, 2.75) is 32.7 Å². The van der Waals surface area contributed by atoms with Crippen molar-refractivity contribution in [3.63, 3.8) is 0 Å². The fourth-order valence-corrected chi connectivity index (χ4v) is 0.743. The molecule has 0 unspecified atom stereocenters. The Kier molecular flexibility index (Phi) is 6.19. The van der Waals surface area contributed by atoms with Crippen LogP contribution in [0.4, 0.5) is 8.78 Å². The topological polar surface area (TPSA) is 63.3 Å². The van der Waals surface area contributed by atoms with Crippen LogP contribution in [0, 0.1) is 5.41 Å². The first-order chi connectivity index (χ1) is 5.27. The predicted octanol–water partition coefficient (Wildman–Crippen LogP) is 1.50. The summed E-state index contributed by atoms with van der Waals surface area (Å²) in [6, 6.07) is -1.21. The van der Waals surface area contributed by atoms with Gasteiger partial charge in [-0.1, -0.05) is 13.8 Å². The van der Waals surface area contributed by atoms with E-state index in [2.05, 4.69) is 0 Å². The third-order valence-electron chi connectivity index (χ3n) is 1.65. The molecule has 80 valence electrons. The molecule has 0 saturated carbocycles. The first-order valence-electron chi connectivity index (χ1n) is 3.54. The number of carboxylic acid groups (broad SMARTS) is 1. The summed E-state index contributed by atoms with van der Waals surface area (Å²) in [7, 11) is 0. The summed E-state index contributed by atoms with van der Waals surface area (Å²) < 4.78 is 24.4. The van der Waals surface area contributed by atoms with Gasteiger partial charge in [0.1, 0.15) is 6.04 Å². The average molecular weight is 218 g/mol. The minimum absolute atomic E-state index is 0. The Hall–Kier alpha value is -0.420. The van der Waals surface area contributed by atoms with Crippen molar-refractivity contribution in [2.75, 3.05) is 0 Å². The van der Waals surface area contributed by atoms with Gasteiger partial charge in [0.15, 0.2) is 0 Å². The largest absolute Gasteiger partial charge is 0.480 e. The van der Waals surface area contributed by atoms with E-state index in [1.165, 1.54) is 13.8 Å². The van der Waals surface area contributed by atoms with Crippen molar-refractivity contribution in [1.82, 2.24) is 0 Å². The van der Waals surface area contributed by atoms with Gasteiger partial charge in [0.05, 0.1) is 0 Å². The molecule has 0 rings (SSSR count). The van der Waals surface area contributed by atoms with Crippen molar-refractivity contribution in [3.05, 3.63) is 0 Å². The van der Waals surface area contributed by atoms with Crippen LogP contribution in [0.5, 0.6) is 0 Å². The number of nitrogens with two attached hydrogens (primary N) is 1. The molecule has 0 spiro atoms. The number of aliphatic carboxylic acids is 1. The Morgan fingerprint density at radius 3 is 2.15 bits per heavy atom. The quantitative estimate of drug-likeness (QED) is 0.750. The zero-order chi connectivity index (χ0) is 9.94. The monoisotopic (exact) mass is 217 g/mol. The van der Waals surface area contributed by atoms with E-state index in [1.54, 1.807) is 0 Å². The molecule has 0 aliphatic heterocycles. The standard InChI is InChI=1S/C7H13F2NO2.ClH/c1-7(2,6(8)9)3-4(10)5(11)12;/h4,6H,3,10H2,1-2H3,(H,11,12);1H/t4-;/m0./s1. The molecular weight excluding hydrogens is 204 g/mol. The summed E-state index contributed by atoms with van der Waals surface area (Å²) in [4.78, 5) is 10.2. The average Bonchev–Trinajstić information content (AvgIpc) is 1.85. The van der Waals surface area contributed by atoms with Crippen molar-refractivity contribution < 1.29 is 18.7 Å². The van der Waals surface area contributed by atoms with Gasteiger partial charge in [0, 0.05) is 5.41 Å². The molecule has 6 heteroatoms. The lowest BCUT2D eigenvalue weighted by Crippen LogP contribution is -2.37. The van der Waals surface area contributed by atoms with E-state index in [4.69, 9.17) is 10.8 Å². The lowest BCUT2D eigenvalue weighted by atomic mass is 9.86. The first-order valence-corrected chi connectivity index (χ1v) is 3.54. The zero-order valence-corrected chi connectivity index (χ0v) is 8.28. The van der Waals surface area contributed by atoms with Crippen LogP contribution in [0.2, 0.25) is 0 Å². The van der Waals surface area contributed by atoms with Crippen LogP contribution < -0.4 is 5.73 Å². The second-order valence-corrected chi connectivity index (χ2v) is 3.44. The van der Waals surface area contributed by atoms with Crippen LogP contribution in [0.1, 0.15) is 20.3 Å². The van der Waals surface area contributed by atoms with Crippen LogP contribution in [0.15, 0.2) is 0 Å². The van der Waals surface area contributed by atoms with E-state index >= 15 is 0 Å². The number of hydrogen-bond donors (Lipinski definition) is 2. The van der Waals surface area contributed by atoms with Crippen molar-refractivity contribution >= 4 is 18.4 Å². The molecular formula is C7H14ClF2NO2. The Bertz CT molecular complexity index is 176. The number of carboxylic acids is 1. The van der Waals surface area contributed by atoms with Gasteiger partial charge in [-0.3, -0.25) is 4.79 Å². The molecule has 1 atom stereocenters. The van der Waals surface area contributed by atoms with Gasteiger partial charge in [-0.05, 0) is 6.42 Å². The molecule has 0 aliphatic rings. The minimum Gasteiger partial charge on any atom is -0.480 e. The summed E-state index contributed by atoms with van der Waals surface area (Å²) >= 11 is 0. The Morgan fingerprint density at radius 2 is 1.92 bits per heavy atom. The molecule has 0 fully saturated rings. The van der Waals surface area contributed by atoms with Gasteiger partial charge >= 0.3 is 5.97 Å². The molecule has 0 aromatic carbocycles. The zero-order valence-electron chi connectivity index (χ0n) is 7.46. The van der Waals surface area contributed by atoms with Crippen LogP contribution in [0.3, 0.4) is 0 Å². The van der Waals surface area contributed by atoms with Crippen LogP contribution in [-0.2, 0) is 4.79 Å². The second kappa shape index (κ2) is 5.34. The number of halogens is 3. The maximum atomic E-state index is 12.2. The molecule has 0 saturated heterocycles. The fraction of sp³-hybridized carbons (Fsp3) is 0.857. The molecule has 0 radical (unpaired) electrons. The molecule has 3 nitrogen and oxygen atoms in total. The summed E-state index contributed by atoms with van der Waals surface area (Å²) in [6.45, 7) is 2.58. The lowest BCUT2D eigenvalue weighted by molar-refractivity contribution is -0.140. The molecule has 0 aromatic rings. The fourth-order valence-electron chi connectivity index (χ4n) is 0.743. The Morgan fingerprint density at radius 1 is 1.54 bits per heavy atom. The molecule has 0 bridgehead atoms. The van der Waals surface area contributed by atoms with Crippen molar-refractivity contribution in [1.29, 1.82) is 0 Å². The van der Waals surface area contributed by atoms with Gasteiger partial charge < -0.3 is 10.8 Å². The predicted molar refractivity (Wildman–Crippen MR) is 47.3 cm³/mol. The second-order valence-electron chi connectivity index (χ2n) is 3.44. The SMILES string of the molecule is CC(C)(C[C@H](N)C(=O)O)C(F)F.Cl. The van der Waals surface area contributed by atoms with Crippen LogP contribution in [0.25, 0.3) is 0 Å². The third kappa shape index (κ3) is 5.00. The van der Waals surface area contributed by atoms with Crippen LogP contribution in [-0.4, -0.2) is 23.5 Å². The van der Waals surface area contributed by atoms with E-state index in [-0.39, 0.29) is 18.8 Å². The van der Waals surface area contributed by atoms with Crippen molar-refractivity contribution in [3.8, 4) is 0 Å². The van der Waals surface area contributed by atoms with E-state index < -0.39 is 23.9 Å². The van der Waals surface area contributed by atoms with E-state index in [0.717, 1.165) is 0 Å². The molecule has 3 N–H and O–H groups in total. The molecule has 0 aliphatic carbocycles. The third-order valence-corrected chi connectivity index (χ3v) is 1.65. The lowest BCUT2D eigenvalue weighted by Gasteiger charge is -2.24. The van der Waals surface area contributed by atoms with E-state index in [1.807, 2.05) is 0 Å². The Labute approximate surface area is 81.7 Å². The number of hydrogen-bond acceptors (Lipinski definition) is 2. The maximum Gasteiger partial charge on any atom is 0.320 e. The van der Waals surface area contributed by atoms with Gasteiger partial charge in [-0.15, -0.1) is 12.4 Å². The highest BCUT2D eigenvalue weighted by atomic mass is 35.5. The molecule has 0 aromatic heterocycles. The van der Waals surface area contributed by atoms with Gasteiger partial charge in [0.25, 0.3) is 0 Å². The minimum atomic E-state index is -2.55. The first kappa shape index (κ1) is 15.1. The maximum absolute atomic E-state index is 12.2. The van der Waals surface area contributed by atoms with Gasteiger partial charge in [-0.2, -0.15) is 0 Å². The Balaban J connectivity index is 0. The van der Waals surface area contributed by atoms with E-state index in [9.17, 15) is 13.6 Å².